The van der Waals surface area contributed by atoms with Crippen molar-refractivity contribution in [3.05, 3.63) is 71.3 Å². The number of rotatable bonds is 8. The van der Waals surface area contributed by atoms with E-state index in [0.29, 0.717) is 25.3 Å². The normalized spacial score (nSPS) is 12.0. The number of carboxylic acids is 1. The molecule has 0 heterocycles. The minimum Gasteiger partial charge on any atom is -0.478 e. The molecule has 2 aromatic rings. The summed E-state index contributed by atoms with van der Waals surface area (Å²) < 4.78 is 5.77. The van der Waals surface area contributed by atoms with E-state index in [0.717, 1.165) is 11.1 Å². The van der Waals surface area contributed by atoms with Crippen LogP contribution in [0.5, 0.6) is 0 Å². The molecule has 0 aliphatic rings. The van der Waals surface area contributed by atoms with Gasteiger partial charge in [-0.15, -0.1) is 0 Å². The van der Waals surface area contributed by atoms with Crippen molar-refractivity contribution in [3.63, 3.8) is 0 Å². The maximum atomic E-state index is 11.0. The van der Waals surface area contributed by atoms with Gasteiger partial charge < -0.3 is 15.2 Å². The van der Waals surface area contributed by atoms with Crippen LogP contribution in [0.25, 0.3) is 0 Å². The summed E-state index contributed by atoms with van der Waals surface area (Å²) in [7, 11) is 0. The van der Waals surface area contributed by atoms with Crippen molar-refractivity contribution in [2.45, 2.75) is 19.6 Å². The van der Waals surface area contributed by atoms with Crippen LogP contribution in [-0.2, 0) is 11.3 Å². The van der Waals surface area contributed by atoms with Gasteiger partial charge in [0.25, 0.3) is 0 Å². The minimum absolute atomic E-state index is 0.00569. The summed E-state index contributed by atoms with van der Waals surface area (Å²) in [6.07, 6.45) is -0.00569. The maximum Gasteiger partial charge on any atom is 0.335 e. The molecule has 1 unspecified atom stereocenters. The topological polar surface area (TPSA) is 58.6 Å². The van der Waals surface area contributed by atoms with Crippen LogP contribution in [0.3, 0.4) is 0 Å². The van der Waals surface area contributed by atoms with Gasteiger partial charge in [0.1, 0.15) is 0 Å². The van der Waals surface area contributed by atoms with Gasteiger partial charge in [-0.05, 0) is 30.2 Å². The summed E-state index contributed by atoms with van der Waals surface area (Å²) in [6, 6.07) is 17.0. The standard InChI is InChI=1S/C18H21NO3/c1-2-22-17(15-8-4-3-5-9-15)13-19-12-14-7-6-10-16(11-14)18(20)21/h3-11,17,19H,2,12-13H2,1H3,(H,20,21). The first-order valence-corrected chi connectivity index (χ1v) is 7.40. The molecule has 2 N–H and O–H groups in total. The molecule has 2 aromatic carbocycles. The fraction of sp³-hybridized carbons (Fsp3) is 0.278. The molecule has 0 aromatic heterocycles. The van der Waals surface area contributed by atoms with Gasteiger partial charge in [0.2, 0.25) is 0 Å². The molecule has 0 amide bonds. The second kappa shape index (κ2) is 8.32. The number of hydrogen-bond donors (Lipinski definition) is 2. The maximum absolute atomic E-state index is 11.0. The number of carboxylic acid groups (broad SMARTS) is 1. The Morgan fingerprint density at radius 1 is 1.18 bits per heavy atom. The molecule has 1 atom stereocenters. The van der Waals surface area contributed by atoms with Gasteiger partial charge in [0.05, 0.1) is 11.7 Å². The number of carbonyl (C=O) groups is 1. The van der Waals surface area contributed by atoms with Crippen LogP contribution in [0, 0.1) is 0 Å². The summed E-state index contributed by atoms with van der Waals surface area (Å²) in [5, 5.41) is 12.3. The van der Waals surface area contributed by atoms with E-state index >= 15 is 0 Å². The zero-order valence-corrected chi connectivity index (χ0v) is 12.7. The lowest BCUT2D eigenvalue weighted by Gasteiger charge is -2.18. The fourth-order valence-electron chi connectivity index (χ4n) is 2.30. The lowest BCUT2D eigenvalue weighted by Crippen LogP contribution is -2.23. The third-order valence-corrected chi connectivity index (χ3v) is 3.37. The smallest absolute Gasteiger partial charge is 0.335 e. The van der Waals surface area contributed by atoms with Crippen LogP contribution in [0.2, 0.25) is 0 Å². The Labute approximate surface area is 130 Å². The first-order valence-electron chi connectivity index (χ1n) is 7.40. The van der Waals surface area contributed by atoms with Crippen LogP contribution >= 0.6 is 0 Å². The van der Waals surface area contributed by atoms with Gasteiger partial charge in [0, 0.05) is 19.7 Å². The Morgan fingerprint density at radius 3 is 2.64 bits per heavy atom. The predicted octanol–water partition coefficient (Wildman–Crippen LogP) is 3.25. The Bertz CT molecular complexity index is 598. The zero-order valence-electron chi connectivity index (χ0n) is 12.7. The molecular weight excluding hydrogens is 278 g/mol. The van der Waals surface area contributed by atoms with E-state index in [1.807, 2.05) is 43.3 Å². The highest BCUT2D eigenvalue weighted by Crippen LogP contribution is 2.16. The molecule has 0 bridgehead atoms. The van der Waals surface area contributed by atoms with Crippen molar-refractivity contribution in [1.82, 2.24) is 5.32 Å². The monoisotopic (exact) mass is 299 g/mol. The number of hydrogen-bond acceptors (Lipinski definition) is 3. The highest BCUT2D eigenvalue weighted by atomic mass is 16.5. The van der Waals surface area contributed by atoms with Crippen molar-refractivity contribution in [1.29, 1.82) is 0 Å². The summed E-state index contributed by atoms with van der Waals surface area (Å²) in [4.78, 5) is 11.0. The fourth-order valence-corrected chi connectivity index (χ4v) is 2.30. The molecule has 0 fully saturated rings. The number of ether oxygens (including phenoxy) is 1. The average molecular weight is 299 g/mol. The summed E-state index contributed by atoms with van der Waals surface area (Å²) >= 11 is 0. The van der Waals surface area contributed by atoms with Crippen molar-refractivity contribution >= 4 is 5.97 Å². The van der Waals surface area contributed by atoms with Crippen LogP contribution in [0.15, 0.2) is 54.6 Å². The van der Waals surface area contributed by atoms with Gasteiger partial charge in [-0.1, -0.05) is 42.5 Å². The lowest BCUT2D eigenvalue weighted by atomic mass is 10.1. The second-order valence-electron chi connectivity index (χ2n) is 4.99. The SMILES string of the molecule is CCOC(CNCc1cccc(C(=O)O)c1)c1ccccc1. The van der Waals surface area contributed by atoms with E-state index in [2.05, 4.69) is 5.32 Å². The molecule has 4 heteroatoms. The summed E-state index contributed by atoms with van der Waals surface area (Å²) in [5.74, 6) is -0.904. The number of aromatic carboxylic acids is 1. The van der Waals surface area contributed by atoms with Gasteiger partial charge in [-0.25, -0.2) is 4.79 Å². The van der Waals surface area contributed by atoms with E-state index in [1.165, 1.54) is 0 Å². The van der Waals surface area contributed by atoms with Crippen molar-refractivity contribution in [2.24, 2.45) is 0 Å². The van der Waals surface area contributed by atoms with Gasteiger partial charge in [-0.3, -0.25) is 0 Å². The van der Waals surface area contributed by atoms with Crippen LogP contribution in [0.4, 0.5) is 0 Å². The van der Waals surface area contributed by atoms with E-state index in [9.17, 15) is 4.79 Å². The highest BCUT2D eigenvalue weighted by molar-refractivity contribution is 5.87. The molecule has 0 radical (unpaired) electrons. The molecule has 0 spiro atoms. The molecule has 2 rings (SSSR count). The molecule has 0 saturated carbocycles. The third-order valence-electron chi connectivity index (χ3n) is 3.37. The van der Waals surface area contributed by atoms with Gasteiger partial charge in [0.15, 0.2) is 0 Å². The molecule has 4 nitrogen and oxygen atoms in total. The predicted molar refractivity (Wildman–Crippen MR) is 85.9 cm³/mol. The largest absolute Gasteiger partial charge is 0.478 e. The molecule has 22 heavy (non-hydrogen) atoms. The van der Waals surface area contributed by atoms with Crippen molar-refractivity contribution in [3.8, 4) is 0 Å². The molecule has 116 valence electrons. The molecule has 0 aliphatic carbocycles. The van der Waals surface area contributed by atoms with Gasteiger partial charge >= 0.3 is 5.97 Å². The Balaban J connectivity index is 1.93. The molecule has 0 saturated heterocycles. The summed E-state index contributed by atoms with van der Waals surface area (Å²) in [5.41, 5.74) is 2.39. The first-order chi connectivity index (χ1) is 10.7. The summed E-state index contributed by atoms with van der Waals surface area (Å²) in [6.45, 7) is 3.91. The van der Waals surface area contributed by atoms with Crippen LogP contribution < -0.4 is 5.32 Å². The first kappa shape index (κ1) is 16.2. The Hall–Kier alpha value is -2.17. The Kier molecular flexibility index (Phi) is 6.13. The second-order valence-corrected chi connectivity index (χ2v) is 4.99. The van der Waals surface area contributed by atoms with Crippen LogP contribution in [-0.4, -0.2) is 24.2 Å². The van der Waals surface area contributed by atoms with Gasteiger partial charge in [-0.2, -0.15) is 0 Å². The number of nitrogens with one attached hydrogen (secondary N) is 1. The number of benzene rings is 2. The molecule has 0 aliphatic heterocycles. The van der Waals surface area contributed by atoms with E-state index in [4.69, 9.17) is 9.84 Å². The lowest BCUT2D eigenvalue weighted by molar-refractivity contribution is 0.0620. The minimum atomic E-state index is -0.904. The van der Waals surface area contributed by atoms with Crippen molar-refractivity contribution < 1.29 is 14.6 Å². The zero-order chi connectivity index (χ0) is 15.8. The average Bonchev–Trinajstić information content (AvgIpc) is 2.55. The van der Waals surface area contributed by atoms with E-state index in [-0.39, 0.29) is 6.10 Å². The Morgan fingerprint density at radius 2 is 1.95 bits per heavy atom. The van der Waals surface area contributed by atoms with Crippen molar-refractivity contribution in [2.75, 3.05) is 13.2 Å². The third kappa shape index (κ3) is 4.69. The van der Waals surface area contributed by atoms with E-state index in [1.54, 1.807) is 18.2 Å². The highest BCUT2D eigenvalue weighted by Gasteiger charge is 2.10. The van der Waals surface area contributed by atoms with Crippen LogP contribution in [0.1, 0.15) is 34.5 Å². The van der Waals surface area contributed by atoms with E-state index < -0.39 is 5.97 Å². The molecular formula is C18H21NO3. The quantitative estimate of drug-likeness (QED) is 0.785.